The van der Waals surface area contributed by atoms with E-state index in [1.165, 1.54) is 9.87 Å². The number of sulfonamides is 1. The molecule has 4 rings (SSSR count). The Morgan fingerprint density at radius 2 is 1.65 bits per heavy atom. The molecular weight excluding hydrogens is 412 g/mol. The second-order valence-corrected chi connectivity index (χ2v) is 10.3. The Balaban J connectivity index is 1.37. The van der Waals surface area contributed by atoms with E-state index < -0.39 is 10.0 Å². The van der Waals surface area contributed by atoms with Gasteiger partial charge < -0.3 is 9.64 Å². The number of carbonyl (C=O) groups excluding carboxylic acids is 1. The molecule has 0 saturated carbocycles. The Labute approximate surface area is 184 Å². The molecule has 2 heterocycles. The van der Waals surface area contributed by atoms with Crippen molar-refractivity contribution in [2.24, 2.45) is 5.92 Å². The molecule has 0 N–H and O–H groups in total. The Morgan fingerprint density at radius 1 is 0.968 bits per heavy atom. The number of amides is 1. The van der Waals surface area contributed by atoms with Gasteiger partial charge >= 0.3 is 0 Å². The Kier molecular flexibility index (Phi) is 6.62. The molecule has 0 radical (unpaired) electrons. The predicted octanol–water partition coefficient (Wildman–Crippen LogP) is 3.33. The molecule has 2 saturated heterocycles. The van der Waals surface area contributed by atoms with Gasteiger partial charge in [-0.15, -0.1) is 0 Å². The Bertz CT molecular complexity index is 984. The predicted molar refractivity (Wildman–Crippen MR) is 119 cm³/mol. The van der Waals surface area contributed by atoms with Crippen LogP contribution in [0.2, 0.25) is 0 Å². The maximum absolute atomic E-state index is 13.2. The second-order valence-electron chi connectivity index (χ2n) is 8.37. The molecule has 1 unspecified atom stereocenters. The largest absolute Gasteiger partial charge is 0.497 e. The van der Waals surface area contributed by atoms with Gasteiger partial charge in [0.25, 0.3) is 0 Å². The maximum atomic E-state index is 13.2. The molecule has 1 amide bonds. The van der Waals surface area contributed by atoms with Crippen LogP contribution in [-0.4, -0.2) is 56.3 Å². The Hall–Kier alpha value is -2.38. The van der Waals surface area contributed by atoms with Crippen molar-refractivity contribution in [2.75, 3.05) is 26.7 Å². The molecule has 2 fully saturated rings. The molecular formula is C24H30N2O4S. The molecule has 2 aromatic rings. The molecule has 0 aromatic heterocycles. The molecule has 7 heteroatoms. The summed E-state index contributed by atoms with van der Waals surface area (Å²) in [7, 11) is -2.00. The minimum atomic E-state index is -3.55. The van der Waals surface area contributed by atoms with Crippen LogP contribution in [0.5, 0.6) is 5.75 Å². The van der Waals surface area contributed by atoms with E-state index in [1.54, 1.807) is 31.4 Å². The van der Waals surface area contributed by atoms with E-state index >= 15 is 0 Å². The fourth-order valence-corrected chi connectivity index (χ4v) is 6.17. The van der Waals surface area contributed by atoms with Gasteiger partial charge in [0.05, 0.1) is 12.0 Å². The summed E-state index contributed by atoms with van der Waals surface area (Å²) >= 11 is 0. The molecule has 1 atom stereocenters. The lowest BCUT2D eigenvalue weighted by Crippen LogP contribution is -2.46. The van der Waals surface area contributed by atoms with Gasteiger partial charge in [0, 0.05) is 31.6 Å². The highest BCUT2D eigenvalue weighted by atomic mass is 32.2. The molecule has 6 nitrogen and oxygen atoms in total. The first kappa shape index (κ1) is 21.8. The standard InChI is InChI=1S/C24H30N2O4S/c1-30-22-9-11-23(12-10-22)31(28,29)25-16-13-20(14-17-25)24(27)26-15-5-8-21(26)18-19-6-3-2-4-7-19/h2-4,6-7,9-12,20-21H,5,8,13-18H2,1H3. The molecule has 166 valence electrons. The SMILES string of the molecule is COc1ccc(S(=O)(=O)N2CCC(C(=O)N3CCCC3Cc3ccccc3)CC2)cc1. The van der Waals surface area contributed by atoms with E-state index in [2.05, 4.69) is 12.1 Å². The molecule has 2 aliphatic heterocycles. The summed E-state index contributed by atoms with van der Waals surface area (Å²) in [5.41, 5.74) is 1.26. The first-order chi connectivity index (χ1) is 15.0. The zero-order valence-corrected chi connectivity index (χ0v) is 18.8. The van der Waals surface area contributed by atoms with Crippen molar-refractivity contribution in [1.29, 1.82) is 0 Å². The van der Waals surface area contributed by atoms with E-state index in [-0.39, 0.29) is 22.8 Å². The number of methoxy groups -OCH3 is 1. The van der Waals surface area contributed by atoms with Crippen LogP contribution >= 0.6 is 0 Å². The third kappa shape index (κ3) is 4.77. The van der Waals surface area contributed by atoms with E-state index in [4.69, 9.17) is 4.74 Å². The van der Waals surface area contributed by atoms with Gasteiger partial charge in [-0.3, -0.25) is 4.79 Å². The first-order valence-corrected chi connectivity index (χ1v) is 12.4. The zero-order valence-electron chi connectivity index (χ0n) is 17.9. The van der Waals surface area contributed by atoms with Gasteiger partial charge in [0.1, 0.15) is 5.75 Å². The van der Waals surface area contributed by atoms with Crippen molar-refractivity contribution in [3.05, 3.63) is 60.2 Å². The molecule has 31 heavy (non-hydrogen) atoms. The molecule has 2 aromatic carbocycles. The lowest BCUT2D eigenvalue weighted by atomic mass is 9.95. The lowest BCUT2D eigenvalue weighted by molar-refractivity contribution is -0.137. The highest BCUT2D eigenvalue weighted by Gasteiger charge is 2.37. The van der Waals surface area contributed by atoms with Crippen LogP contribution < -0.4 is 4.74 Å². The number of nitrogens with zero attached hydrogens (tertiary/aromatic N) is 2. The van der Waals surface area contributed by atoms with Gasteiger partial charge in [-0.05, 0) is 61.9 Å². The third-order valence-corrected chi connectivity index (χ3v) is 8.39. The molecule has 0 spiro atoms. The maximum Gasteiger partial charge on any atom is 0.243 e. The number of benzene rings is 2. The van der Waals surface area contributed by atoms with E-state index in [9.17, 15) is 13.2 Å². The third-order valence-electron chi connectivity index (χ3n) is 6.47. The summed E-state index contributed by atoms with van der Waals surface area (Å²) in [5.74, 6) is 0.720. The van der Waals surface area contributed by atoms with Crippen molar-refractivity contribution in [3.63, 3.8) is 0 Å². The van der Waals surface area contributed by atoms with Gasteiger partial charge in [-0.1, -0.05) is 30.3 Å². The summed E-state index contributed by atoms with van der Waals surface area (Å²) in [6.07, 6.45) is 4.10. The van der Waals surface area contributed by atoms with Crippen LogP contribution in [0.25, 0.3) is 0 Å². The molecule has 0 aliphatic carbocycles. The summed E-state index contributed by atoms with van der Waals surface area (Å²) in [6, 6.07) is 17.0. The number of hydrogen-bond acceptors (Lipinski definition) is 4. The van der Waals surface area contributed by atoms with Gasteiger partial charge in [0.2, 0.25) is 15.9 Å². The summed E-state index contributed by atoms with van der Waals surface area (Å²) in [4.78, 5) is 15.6. The zero-order chi connectivity index (χ0) is 21.8. The van der Waals surface area contributed by atoms with Crippen molar-refractivity contribution in [1.82, 2.24) is 9.21 Å². The monoisotopic (exact) mass is 442 g/mol. The number of hydrogen-bond donors (Lipinski definition) is 0. The van der Waals surface area contributed by atoms with Gasteiger partial charge in [0.15, 0.2) is 0 Å². The van der Waals surface area contributed by atoms with Gasteiger partial charge in [-0.25, -0.2) is 8.42 Å². The quantitative estimate of drug-likeness (QED) is 0.688. The first-order valence-electron chi connectivity index (χ1n) is 11.0. The lowest BCUT2D eigenvalue weighted by Gasteiger charge is -2.34. The van der Waals surface area contributed by atoms with Crippen LogP contribution in [0.1, 0.15) is 31.2 Å². The smallest absolute Gasteiger partial charge is 0.243 e. The molecule has 2 aliphatic rings. The van der Waals surface area contributed by atoms with Gasteiger partial charge in [-0.2, -0.15) is 4.31 Å². The van der Waals surface area contributed by atoms with Crippen LogP contribution in [0.3, 0.4) is 0 Å². The highest BCUT2D eigenvalue weighted by molar-refractivity contribution is 7.89. The summed E-state index contributed by atoms with van der Waals surface area (Å²) in [5, 5.41) is 0. The number of piperidine rings is 1. The van der Waals surface area contributed by atoms with Crippen LogP contribution in [0.15, 0.2) is 59.5 Å². The summed E-state index contributed by atoms with van der Waals surface area (Å²) < 4.78 is 32.5. The minimum absolute atomic E-state index is 0.0984. The normalized spacial score (nSPS) is 20.7. The van der Waals surface area contributed by atoms with Crippen molar-refractivity contribution >= 4 is 15.9 Å². The topological polar surface area (TPSA) is 66.9 Å². The van der Waals surface area contributed by atoms with Crippen molar-refractivity contribution in [2.45, 2.75) is 43.0 Å². The highest BCUT2D eigenvalue weighted by Crippen LogP contribution is 2.29. The average molecular weight is 443 g/mol. The van der Waals surface area contributed by atoms with E-state index in [1.807, 2.05) is 23.1 Å². The van der Waals surface area contributed by atoms with Crippen LogP contribution in [0.4, 0.5) is 0 Å². The van der Waals surface area contributed by atoms with Crippen molar-refractivity contribution < 1.29 is 17.9 Å². The van der Waals surface area contributed by atoms with E-state index in [0.29, 0.717) is 31.7 Å². The minimum Gasteiger partial charge on any atom is -0.497 e. The van der Waals surface area contributed by atoms with Crippen LogP contribution in [0, 0.1) is 5.92 Å². The fourth-order valence-electron chi connectivity index (χ4n) is 4.70. The molecule has 0 bridgehead atoms. The van der Waals surface area contributed by atoms with Crippen molar-refractivity contribution in [3.8, 4) is 5.75 Å². The fraction of sp³-hybridized carbons (Fsp3) is 0.458. The summed E-state index contributed by atoms with van der Waals surface area (Å²) in [6.45, 7) is 1.56. The number of carbonyl (C=O) groups is 1. The van der Waals surface area contributed by atoms with E-state index in [0.717, 1.165) is 25.8 Å². The number of likely N-dealkylation sites (tertiary alicyclic amines) is 1. The second kappa shape index (κ2) is 9.40. The Morgan fingerprint density at radius 3 is 2.29 bits per heavy atom. The van der Waals surface area contributed by atoms with Crippen LogP contribution in [-0.2, 0) is 21.2 Å². The average Bonchev–Trinajstić information content (AvgIpc) is 3.27. The number of ether oxygens (including phenoxy) is 1. The number of rotatable bonds is 6.